The van der Waals surface area contributed by atoms with Gasteiger partial charge in [-0.1, -0.05) is 0 Å². The first-order valence-corrected chi connectivity index (χ1v) is 8.81. The van der Waals surface area contributed by atoms with Crippen molar-refractivity contribution < 1.29 is 9.18 Å². The standard InChI is InChI=1S/C18H20BrFO/c19-15-6-14(1-2-16(15)20)17(21)10-18-7-11-3-12(8-18)5-13(4-11)9-18/h1-2,6,11-13H,3-5,7-10H2. The molecule has 1 nitrogen and oxygen atoms in total. The summed E-state index contributed by atoms with van der Waals surface area (Å²) in [5, 5.41) is 0. The van der Waals surface area contributed by atoms with Gasteiger partial charge in [-0.25, -0.2) is 4.39 Å². The number of Topliss-reactive ketones (excluding diaryl/α,β-unsaturated/α-hetero) is 1. The molecule has 4 aliphatic rings. The molecule has 21 heavy (non-hydrogen) atoms. The summed E-state index contributed by atoms with van der Waals surface area (Å²) in [6.07, 6.45) is 8.59. The van der Waals surface area contributed by atoms with Gasteiger partial charge in [0.2, 0.25) is 0 Å². The number of ketones is 1. The lowest BCUT2D eigenvalue weighted by Gasteiger charge is -2.56. The third kappa shape index (κ3) is 2.48. The molecule has 5 rings (SSSR count). The van der Waals surface area contributed by atoms with Crippen LogP contribution in [0.5, 0.6) is 0 Å². The molecule has 4 aliphatic carbocycles. The normalized spacial score (nSPS) is 37.0. The van der Waals surface area contributed by atoms with Crippen LogP contribution in [0, 0.1) is 29.0 Å². The molecule has 0 unspecified atom stereocenters. The third-order valence-electron chi connectivity index (χ3n) is 5.94. The molecule has 4 bridgehead atoms. The minimum atomic E-state index is -0.304. The predicted molar refractivity (Wildman–Crippen MR) is 83.7 cm³/mol. The molecule has 0 aromatic heterocycles. The van der Waals surface area contributed by atoms with E-state index in [1.165, 1.54) is 44.6 Å². The molecule has 0 heterocycles. The van der Waals surface area contributed by atoms with Gasteiger partial charge in [-0.3, -0.25) is 4.79 Å². The van der Waals surface area contributed by atoms with E-state index in [0.717, 1.165) is 17.8 Å². The van der Waals surface area contributed by atoms with Gasteiger partial charge in [0.15, 0.2) is 5.78 Å². The number of halogens is 2. The molecule has 0 amide bonds. The van der Waals surface area contributed by atoms with E-state index >= 15 is 0 Å². The van der Waals surface area contributed by atoms with Crippen LogP contribution in [0.2, 0.25) is 0 Å². The molecule has 0 saturated heterocycles. The summed E-state index contributed by atoms with van der Waals surface area (Å²) < 4.78 is 13.7. The highest BCUT2D eigenvalue weighted by molar-refractivity contribution is 9.10. The fourth-order valence-corrected chi connectivity index (χ4v) is 6.00. The summed E-state index contributed by atoms with van der Waals surface area (Å²) in [5.41, 5.74) is 0.909. The van der Waals surface area contributed by atoms with Gasteiger partial charge in [-0.05, 0) is 95.8 Å². The van der Waals surface area contributed by atoms with Crippen molar-refractivity contribution in [2.75, 3.05) is 0 Å². The van der Waals surface area contributed by atoms with Gasteiger partial charge in [0.25, 0.3) is 0 Å². The van der Waals surface area contributed by atoms with Crippen molar-refractivity contribution in [3.8, 4) is 0 Å². The summed E-state index contributed by atoms with van der Waals surface area (Å²) in [5.74, 6) is 2.48. The van der Waals surface area contributed by atoms with Gasteiger partial charge < -0.3 is 0 Å². The summed E-state index contributed by atoms with van der Waals surface area (Å²) in [7, 11) is 0. The molecule has 0 N–H and O–H groups in total. The second-order valence-electron chi connectivity index (χ2n) is 7.65. The average molecular weight is 351 g/mol. The van der Waals surface area contributed by atoms with E-state index in [1.54, 1.807) is 12.1 Å². The largest absolute Gasteiger partial charge is 0.294 e. The number of carbonyl (C=O) groups excluding carboxylic acids is 1. The highest BCUT2D eigenvalue weighted by atomic mass is 79.9. The number of carbonyl (C=O) groups is 1. The summed E-state index contributed by atoms with van der Waals surface area (Å²) in [6, 6.07) is 4.65. The van der Waals surface area contributed by atoms with Crippen LogP contribution < -0.4 is 0 Å². The van der Waals surface area contributed by atoms with Gasteiger partial charge in [-0.15, -0.1) is 0 Å². The highest BCUT2D eigenvalue weighted by Crippen LogP contribution is 2.61. The summed E-state index contributed by atoms with van der Waals surface area (Å²) in [6.45, 7) is 0. The Morgan fingerprint density at radius 3 is 2.24 bits per heavy atom. The molecule has 3 heteroatoms. The van der Waals surface area contributed by atoms with Gasteiger partial charge in [0.1, 0.15) is 5.82 Å². The van der Waals surface area contributed by atoms with E-state index in [9.17, 15) is 9.18 Å². The molecular weight excluding hydrogens is 331 g/mol. The van der Waals surface area contributed by atoms with Crippen LogP contribution in [0.1, 0.15) is 55.3 Å². The molecule has 0 aliphatic heterocycles. The number of benzene rings is 1. The van der Waals surface area contributed by atoms with Crippen molar-refractivity contribution in [1.29, 1.82) is 0 Å². The predicted octanol–water partition coefficient (Wildman–Crippen LogP) is 5.38. The monoisotopic (exact) mass is 350 g/mol. The second kappa shape index (κ2) is 4.91. The Labute approximate surface area is 133 Å². The van der Waals surface area contributed by atoms with Crippen LogP contribution in [0.4, 0.5) is 4.39 Å². The zero-order chi connectivity index (χ0) is 14.6. The molecule has 1 aromatic rings. The lowest BCUT2D eigenvalue weighted by molar-refractivity contribution is -0.0524. The van der Waals surface area contributed by atoms with Crippen LogP contribution in [0.15, 0.2) is 22.7 Å². The molecule has 4 saturated carbocycles. The van der Waals surface area contributed by atoms with E-state index < -0.39 is 0 Å². The van der Waals surface area contributed by atoms with Crippen LogP contribution >= 0.6 is 15.9 Å². The lowest BCUT2D eigenvalue weighted by Crippen LogP contribution is -2.46. The molecule has 1 aromatic carbocycles. The van der Waals surface area contributed by atoms with E-state index in [0.29, 0.717) is 16.5 Å². The summed E-state index contributed by atoms with van der Waals surface area (Å²) in [4.78, 5) is 12.6. The van der Waals surface area contributed by atoms with Crippen LogP contribution in [0.3, 0.4) is 0 Å². The van der Waals surface area contributed by atoms with Crippen molar-refractivity contribution in [3.63, 3.8) is 0 Å². The fourth-order valence-electron chi connectivity index (χ4n) is 5.62. The average Bonchev–Trinajstić information content (AvgIpc) is 2.39. The molecule has 4 fully saturated rings. The molecule has 0 atom stereocenters. The Balaban J connectivity index is 1.55. The number of hydrogen-bond acceptors (Lipinski definition) is 1. The van der Waals surface area contributed by atoms with Crippen molar-refractivity contribution in [2.45, 2.75) is 44.9 Å². The zero-order valence-electron chi connectivity index (χ0n) is 12.1. The Bertz CT molecular complexity index is 560. The third-order valence-corrected chi connectivity index (χ3v) is 6.55. The van der Waals surface area contributed by atoms with Gasteiger partial charge in [-0.2, -0.15) is 0 Å². The Morgan fingerprint density at radius 2 is 1.71 bits per heavy atom. The first-order chi connectivity index (χ1) is 10.0. The van der Waals surface area contributed by atoms with Crippen LogP contribution in [0.25, 0.3) is 0 Å². The Hall–Kier alpha value is -0.700. The quantitative estimate of drug-likeness (QED) is 0.669. The van der Waals surface area contributed by atoms with Crippen LogP contribution in [-0.4, -0.2) is 5.78 Å². The maximum atomic E-state index is 13.3. The number of rotatable bonds is 3. The van der Waals surface area contributed by atoms with Crippen molar-refractivity contribution >= 4 is 21.7 Å². The smallest absolute Gasteiger partial charge is 0.163 e. The number of hydrogen-bond donors (Lipinski definition) is 0. The fraction of sp³-hybridized carbons (Fsp3) is 0.611. The van der Waals surface area contributed by atoms with Crippen molar-refractivity contribution in [1.82, 2.24) is 0 Å². The van der Waals surface area contributed by atoms with E-state index in [-0.39, 0.29) is 17.0 Å². The van der Waals surface area contributed by atoms with Gasteiger partial charge in [0.05, 0.1) is 4.47 Å². The maximum absolute atomic E-state index is 13.3. The second-order valence-corrected chi connectivity index (χ2v) is 8.50. The maximum Gasteiger partial charge on any atom is 0.163 e. The topological polar surface area (TPSA) is 17.1 Å². The van der Waals surface area contributed by atoms with Gasteiger partial charge >= 0.3 is 0 Å². The van der Waals surface area contributed by atoms with Gasteiger partial charge in [0, 0.05) is 12.0 Å². The van der Waals surface area contributed by atoms with Crippen molar-refractivity contribution in [2.24, 2.45) is 23.2 Å². The molecule has 112 valence electrons. The Morgan fingerprint density at radius 1 is 1.14 bits per heavy atom. The van der Waals surface area contributed by atoms with E-state index in [1.807, 2.05) is 0 Å². The first-order valence-electron chi connectivity index (χ1n) is 8.01. The van der Waals surface area contributed by atoms with Crippen molar-refractivity contribution in [3.05, 3.63) is 34.1 Å². The van der Waals surface area contributed by atoms with E-state index in [2.05, 4.69) is 15.9 Å². The van der Waals surface area contributed by atoms with E-state index in [4.69, 9.17) is 0 Å². The Kier molecular flexibility index (Phi) is 3.25. The molecule has 0 spiro atoms. The molecule has 0 radical (unpaired) electrons. The lowest BCUT2D eigenvalue weighted by atomic mass is 9.48. The molecular formula is C18H20BrFO. The highest BCUT2D eigenvalue weighted by Gasteiger charge is 2.51. The first kappa shape index (κ1) is 13.9. The zero-order valence-corrected chi connectivity index (χ0v) is 13.7. The van der Waals surface area contributed by atoms with Crippen LogP contribution in [-0.2, 0) is 0 Å². The minimum absolute atomic E-state index is 0.192. The minimum Gasteiger partial charge on any atom is -0.294 e. The summed E-state index contributed by atoms with van der Waals surface area (Å²) >= 11 is 3.18. The SMILES string of the molecule is O=C(CC12CC3CC(CC(C3)C1)C2)c1ccc(F)c(Br)c1.